The van der Waals surface area contributed by atoms with Gasteiger partial charge in [0, 0.05) is 12.3 Å². The molecule has 0 aliphatic heterocycles. The summed E-state index contributed by atoms with van der Waals surface area (Å²) in [7, 11) is -1.22. The zero-order chi connectivity index (χ0) is 9.61. The Morgan fingerprint density at radius 1 is 1.67 bits per heavy atom. The lowest BCUT2D eigenvalue weighted by Crippen LogP contribution is -2.03. The molecule has 0 aliphatic rings. The molecule has 4 heteroatoms. The molecule has 0 aromatic heterocycles. The molecule has 0 aliphatic carbocycles. The first-order valence-corrected chi connectivity index (χ1v) is 5.78. The number of carbonyl (C=O) groups excluding carboxylic acids is 1. The minimum atomic E-state index is -2.52. The molecule has 0 saturated carbocycles. The molecule has 3 nitrogen and oxygen atoms in total. The molecule has 0 fully saturated rings. The molecule has 0 bridgehead atoms. The van der Waals surface area contributed by atoms with Crippen molar-refractivity contribution in [2.45, 2.75) is 13.3 Å². The SMILES string of the molecule is C#CP(=O)(CC)CCC(=O)OC. The molecule has 1 unspecified atom stereocenters. The van der Waals surface area contributed by atoms with Crippen LogP contribution in [0.5, 0.6) is 0 Å². The molecular formula is C8H13O3P. The van der Waals surface area contributed by atoms with E-state index in [0.29, 0.717) is 6.16 Å². The third-order valence-electron chi connectivity index (χ3n) is 1.65. The van der Waals surface area contributed by atoms with Gasteiger partial charge in [0.15, 0.2) is 7.14 Å². The van der Waals surface area contributed by atoms with Crippen molar-refractivity contribution < 1.29 is 14.1 Å². The maximum absolute atomic E-state index is 11.5. The topological polar surface area (TPSA) is 43.4 Å². The first-order valence-electron chi connectivity index (χ1n) is 3.70. The lowest BCUT2D eigenvalue weighted by molar-refractivity contribution is -0.140. The number of hydrogen-bond acceptors (Lipinski definition) is 3. The summed E-state index contributed by atoms with van der Waals surface area (Å²) in [6.45, 7) is 1.76. The van der Waals surface area contributed by atoms with Gasteiger partial charge in [0.2, 0.25) is 0 Å². The zero-order valence-corrected chi connectivity index (χ0v) is 8.27. The van der Waals surface area contributed by atoms with Crippen LogP contribution in [0.15, 0.2) is 0 Å². The summed E-state index contributed by atoms with van der Waals surface area (Å²) in [5, 5.41) is 0. The fraction of sp³-hybridized carbons (Fsp3) is 0.625. The summed E-state index contributed by atoms with van der Waals surface area (Å²) in [6, 6.07) is 0. The second-order valence-corrected chi connectivity index (χ2v) is 5.50. The monoisotopic (exact) mass is 188 g/mol. The van der Waals surface area contributed by atoms with Crippen LogP contribution in [0.4, 0.5) is 0 Å². The Morgan fingerprint density at radius 2 is 2.25 bits per heavy atom. The van der Waals surface area contributed by atoms with E-state index in [9.17, 15) is 9.36 Å². The van der Waals surface area contributed by atoms with E-state index >= 15 is 0 Å². The van der Waals surface area contributed by atoms with Crippen molar-refractivity contribution in [2.75, 3.05) is 19.4 Å². The number of rotatable bonds is 4. The highest BCUT2D eigenvalue weighted by molar-refractivity contribution is 7.68. The summed E-state index contributed by atoms with van der Waals surface area (Å²) in [6.07, 6.45) is 5.93. The average molecular weight is 188 g/mol. The van der Waals surface area contributed by atoms with Gasteiger partial charge in [-0.15, -0.1) is 6.42 Å². The molecule has 0 heterocycles. The summed E-state index contributed by atoms with van der Waals surface area (Å²) in [4.78, 5) is 10.7. The Bertz CT molecular complexity index is 239. The Labute approximate surface area is 72.9 Å². The van der Waals surface area contributed by atoms with E-state index in [1.165, 1.54) is 7.11 Å². The Kier molecular flexibility index (Phi) is 4.70. The standard InChI is InChI=1S/C8H13O3P/c1-4-12(10,5-2)7-6-8(9)11-3/h1H,5-7H2,2-3H3. The van der Waals surface area contributed by atoms with Gasteiger partial charge in [0.05, 0.1) is 13.5 Å². The van der Waals surface area contributed by atoms with Crippen LogP contribution in [0.1, 0.15) is 13.3 Å². The van der Waals surface area contributed by atoms with Gasteiger partial charge in [-0.25, -0.2) is 0 Å². The minimum absolute atomic E-state index is 0.145. The first-order chi connectivity index (χ1) is 5.58. The minimum Gasteiger partial charge on any atom is -0.469 e. The maximum Gasteiger partial charge on any atom is 0.306 e. The molecule has 0 spiro atoms. The molecule has 0 amide bonds. The second kappa shape index (κ2) is 5.00. The number of esters is 1. The summed E-state index contributed by atoms with van der Waals surface area (Å²) in [5.74, 6) is -0.362. The van der Waals surface area contributed by atoms with Gasteiger partial charge in [-0.2, -0.15) is 0 Å². The van der Waals surface area contributed by atoms with Gasteiger partial charge in [-0.3, -0.25) is 4.79 Å². The second-order valence-electron chi connectivity index (χ2n) is 2.38. The Hall–Kier alpha value is -0.740. The third kappa shape index (κ3) is 3.59. The van der Waals surface area contributed by atoms with E-state index in [2.05, 4.69) is 10.4 Å². The highest BCUT2D eigenvalue weighted by atomic mass is 31.2. The fourth-order valence-corrected chi connectivity index (χ4v) is 1.86. The van der Waals surface area contributed by atoms with Gasteiger partial charge in [-0.05, 0) is 5.66 Å². The maximum atomic E-state index is 11.5. The van der Waals surface area contributed by atoms with Crippen LogP contribution >= 0.6 is 7.14 Å². The van der Waals surface area contributed by atoms with Crippen molar-refractivity contribution in [3.63, 3.8) is 0 Å². The van der Waals surface area contributed by atoms with Crippen molar-refractivity contribution in [3.05, 3.63) is 0 Å². The van der Waals surface area contributed by atoms with Gasteiger partial charge in [0.25, 0.3) is 0 Å². The lowest BCUT2D eigenvalue weighted by atomic mass is 10.5. The summed E-state index contributed by atoms with van der Waals surface area (Å²) in [5.41, 5.74) is 2.26. The van der Waals surface area contributed by atoms with E-state index in [0.717, 1.165) is 0 Å². The number of ether oxygens (including phenoxy) is 1. The molecule has 1 atom stereocenters. The van der Waals surface area contributed by atoms with Crippen LogP contribution in [-0.4, -0.2) is 25.4 Å². The number of methoxy groups -OCH3 is 1. The highest BCUT2D eigenvalue weighted by Gasteiger charge is 2.17. The molecule has 0 N–H and O–H groups in total. The van der Waals surface area contributed by atoms with Crippen LogP contribution in [0, 0.1) is 12.1 Å². The van der Waals surface area contributed by atoms with Crippen molar-refractivity contribution in [3.8, 4) is 12.1 Å². The Morgan fingerprint density at radius 3 is 2.58 bits per heavy atom. The average Bonchev–Trinajstić information content (AvgIpc) is 2.13. The number of terminal acetylenes is 1. The van der Waals surface area contributed by atoms with E-state index in [1.807, 2.05) is 0 Å². The molecule has 0 saturated heterocycles. The van der Waals surface area contributed by atoms with Crippen LogP contribution in [0.2, 0.25) is 0 Å². The van der Waals surface area contributed by atoms with Crippen LogP contribution < -0.4 is 0 Å². The third-order valence-corrected chi connectivity index (χ3v) is 4.09. The number of hydrogen-bond donors (Lipinski definition) is 0. The van der Waals surface area contributed by atoms with Crippen molar-refractivity contribution in [2.24, 2.45) is 0 Å². The predicted molar refractivity (Wildman–Crippen MR) is 48.5 cm³/mol. The van der Waals surface area contributed by atoms with Crippen molar-refractivity contribution >= 4 is 13.1 Å². The molecule has 0 aromatic carbocycles. The van der Waals surface area contributed by atoms with Crippen molar-refractivity contribution in [1.29, 1.82) is 0 Å². The molecule has 0 radical (unpaired) electrons. The Balaban J connectivity index is 4.01. The normalized spacial score (nSPS) is 14.4. The van der Waals surface area contributed by atoms with Crippen LogP contribution in [-0.2, 0) is 14.1 Å². The van der Waals surface area contributed by atoms with Gasteiger partial charge in [-0.1, -0.05) is 6.92 Å². The highest BCUT2D eigenvalue weighted by Crippen LogP contribution is 2.43. The quantitative estimate of drug-likeness (QED) is 0.381. The van der Waals surface area contributed by atoms with E-state index in [-0.39, 0.29) is 18.6 Å². The molecular weight excluding hydrogens is 175 g/mol. The van der Waals surface area contributed by atoms with E-state index in [1.54, 1.807) is 6.92 Å². The zero-order valence-electron chi connectivity index (χ0n) is 7.37. The largest absolute Gasteiger partial charge is 0.469 e. The first kappa shape index (κ1) is 11.3. The summed E-state index contributed by atoms with van der Waals surface area (Å²) >= 11 is 0. The lowest BCUT2D eigenvalue weighted by Gasteiger charge is -2.06. The smallest absolute Gasteiger partial charge is 0.306 e. The molecule has 0 rings (SSSR count). The molecule has 12 heavy (non-hydrogen) atoms. The van der Waals surface area contributed by atoms with Gasteiger partial charge in [0.1, 0.15) is 0 Å². The predicted octanol–water partition coefficient (Wildman–Crippen LogP) is 1.52. The van der Waals surface area contributed by atoms with Crippen LogP contribution in [0.25, 0.3) is 0 Å². The van der Waals surface area contributed by atoms with E-state index in [4.69, 9.17) is 6.42 Å². The van der Waals surface area contributed by atoms with Crippen molar-refractivity contribution in [1.82, 2.24) is 0 Å². The van der Waals surface area contributed by atoms with Crippen LogP contribution in [0.3, 0.4) is 0 Å². The van der Waals surface area contributed by atoms with Gasteiger partial charge >= 0.3 is 5.97 Å². The van der Waals surface area contributed by atoms with Gasteiger partial charge < -0.3 is 9.30 Å². The molecule has 0 aromatic rings. The summed E-state index contributed by atoms with van der Waals surface area (Å²) < 4.78 is 15.9. The number of carbonyl (C=O) groups is 1. The molecule has 68 valence electrons. The fourth-order valence-electron chi connectivity index (χ4n) is 0.688. The van der Waals surface area contributed by atoms with E-state index < -0.39 is 7.14 Å².